The van der Waals surface area contributed by atoms with E-state index in [1.807, 2.05) is 19.1 Å². The van der Waals surface area contributed by atoms with Crippen LogP contribution in [0.2, 0.25) is 0 Å². The fourth-order valence-corrected chi connectivity index (χ4v) is 1.70. The highest BCUT2D eigenvalue weighted by molar-refractivity contribution is 5.28. The summed E-state index contributed by atoms with van der Waals surface area (Å²) in [5.74, 6) is 1.40. The van der Waals surface area contributed by atoms with Crippen molar-refractivity contribution in [3.8, 4) is 5.75 Å². The SMILES string of the molecule is CCOc1ccc(CCc2cnc(N)[nH]2)cc1. The van der Waals surface area contributed by atoms with Gasteiger partial charge in [0, 0.05) is 5.69 Å². The van der Waals surface area contributed by atoms with Gasteiger partial charge in [-0.25, -0.2) is 4.98 Å². The molecule has 2 aromatic rings. The maximum Gasteiger partial charge on any atom is 0.197 e. The topological polar surface area (TPSA) is 63.9 Å². The number of ether oxygens (including phenoxy) is 1. The quantitative estimate of drug-likeness (QED) is 0.829. The smallest absolute Gasteiger partial charge is 0.197 e. The molecule has 0 bridgehead atoms. The zero-order valence-corrected chi connectivity index (χ0v) is 9.94. The summed E-state index contributed by atoms with van der Waals surface area (Å²) in [6.07, 6.45) is 3.66. The number of nitrogens with two attached hydrogens (primary N) is 1. The van der Waals surface area contributed by atoms with Gasteiger partial charge in [0.1, 0.15) is 5.75 Å². The predicted octanol–water partition coefficient (Wildman–Crippen LogP) is 2.18. The lowest BCUT2D eigenvalue weighted by molar-refractivity contribution is 0.340. The van der Waals surface area contributed by atoms with E-state index in [1.165, 1.54) is 5.56 Å². The van der Waals surface area contributed by atoms with Crippen molar-refractivity contribution < 1.29 is 4.74 Å². The van der Waals surface area contributed by atoms with Crippen molar-refractivity contribution in [2.24, 2.45) is 0 Å². The van der Waals surface area contributed by atoms with Gasteiger partial charge in [0.25, 0.3) is 0 Å². The third kappa shape index (κ3) is 3.24. The van der Waals surface area contributed by atoms with Gasteiger partial charge < -0.3 is 15.5 Å². The van der Waals surface area contributed by atoms with Crippen LogP contribution >= 0.6 is 0 Å². The molecule has 0 amide bonds. The summed E-state index contributed by atoms with van der Waals surface area (Å²) in [6, 6.07) is 8.18. The molecule has 17 heavy (non-hydrogen) atoms. The molecule has 0 saturated carbocycles. The summed E-state index contributed by atoms with van der Waals surface area (Å²) in [5, 5.41) is 0. The number of hydrogen-bond donors (Lipinski definition) is 2. The van der Waals surface area contributed by atoms with Crippen molar-refractivity contribution in [2.45, 2.75) is 19.8 Å². The minimum absolute atomic E-state index is 0.478. The van der Waals surface area contributed by atoms with Crippen LogP contribution in [0.25, 0.3) is 0 Å². The molecule has 1 heterocycles. The second-order valence-corrected chi connectivity index (χ2v) is 3.87. The molecular weight excluding hydrogens is 214 g/mol. The molecule has 3 N–H and O–H groups in total. The van der Waals surface area contributed by atoms with E-state index in [4.69, 9.17) is 10.5 Å². The Labute approximate surface area is 101 Å². The molecule has 1 aromatic carbocycles. The van der Waals surface area contributed by atoms with Gasteiger partial charge in [0.05, 0.1) is 12.8 Å². The molecule has 90 valence electrons. The van der Waals surface area contributed by atoms with Gasteiger partial charge in [0.15, 0.2) is 5.95 Å². The van der Waals surface area contributed by atoms with Gasteiger partial charge in [-0.05, 0) is 37.5 Å². The summed E-state index contributed by atoms with van der Waals surface area (Å²) in [5.41, 5.74) is 7.86. The van der Waals surface area contributed by atoms with E-state index in [9.17, 15) is 0 Å². The lowest BCUT2D eigenvalue weighted by atomic mass is 10.1. The number of aromatic nitrogens is 2. The third-order valence-electron chi connectivity index (χ3n) is 2.57. The average Bonchev–Trinajstić information content (AvgIpc) is 2.75. The highest BCUT2D eigenvalue weighted by Gasteiger charge is 1.99. The first-order valence-electron chi connectivity index (χ1n) is 5.79. The Kier molecular flexibility index (Phi) is 3.65. The fraction of sp³-hybridized carbons (Fsp3) is 0.308. The van der Waals surface area contributed by atoms with Crippen LogP contribution in [0.4, 0.5) is 5.95 Å². The summed E-state index contributed by atoms with van der Waals surface area (Å²) in [7, 11) is 0. The maximum absolute atomic E-state index is 5.52. The minimum Gasteiger partial charge on any atom is -0.494 e. The molecule has 0 aliphatic rings. The van der Waals surface area contributed by atoms with Crippen LogP contribution in [0.15, 0.2) is 30.5 Å². The van der Waals surface area contributed by atoms with Crippen LogP contribution in [0.3, 0.4) is 0 Å². The number of imidazole rings is 1. The molecule has 0 aliphatic carbocycles. The second-order valence-electron chi connectivity index (χ2n) is 3.87. The first-order valence-corrected chi connectivity index (χ1v) is 5.79. The molecular formula is C13H17N3O. The number of anilines is 1. The zero-order chi connectivity index (χ0) is 12.1. The van der Waals surface area contributed by atoms with Crippen molar-refractivity contribution in [1.29, 1.82) is 0 Å². The van der Waals surface area contributed by atoms with Gasteiger partial charge in [-0.15, -0.1) is 0 Å². The molecule has 0 radical (unpaired) electrons. The van der Waals surface area contributed by atoms with E-state index in [2.05, 4.69) is 22.1 Å². The van der Waals surface area contributed by atoms with E-state index in [0.717, 1.165) is 24.3 Å². The number of aromatic amines is 1. The minimum atomic E-state index is 0.478. The molecule has 0 aliphatic heterocycles. The number of H-pyrrole nitrogens is 1. The van der Waals surface area contributed by atoms with Crippen molar-refractivity contribution in [1.82, 2.24) is 9.97 Å². The molecule has 2 rings (SSSR count). The standard InChI is InChI=1S/C13H17N3O/c1-2-17-12-7-4-10(5-8-12)3-6-11-9-15-13(14)16-11/h4-5,7-9H,2-3,6H2,1H3,(H3,14,15,16). The van der Waals surface area contributed by atoms with Crippen LogP contribution in [0.1, 0.15) is 18.2 Å². The van der Waals surface area contributed by atoms with E-state index in [-0.39, 0.29) is 0 Å². The maximum atomic E-state index is 5.52. The molecule has 0 spiro atoms. The normalized spacial score (nSPS) is 10.4. The molecule has 4 nitrogen and oxygen atoms in total. The lowest BCUT2D eigenvalue weighted by Crippen LogP contribution is -1.94. The first-order chi connectivity index (χ1) is 8.28. The number of hydrogen-bond acceptors (Lipinski definition) is 3. The van der Waals surface area contributed by atoms with E-state index >= 15 is 0 Å². The van der Waals surface area contributed by atoms with Crippen molar-refractivity contribution in [3.05, 3.63) is 41.7 Å². The van der Waals surface area contributed by atoms with E-state index in [1.54, 1.807) is 6.20 Å². The highest BCUT2D eigenvalue weighted by atomic mass is 16.5. The van der Waals surface area contributed by atoms with Gasteiger partial charge in [-0.2, -0.15) is 0 Å². The van der Waals surface area contributed by atoms with Crippen molar-refractivity contribution in [3.63, 3.8) is 0 Å². The van der Waals surface area contributed by atoms with E-state index < -0.39 is 0 Å². The Hall–Kier alpha value is -1.97. The van der Waals surface area contributed by atoms with Crippen LogP contribution in [-0.4, -0.2) is 16.6 Å². The predicted molar refractivity (Wildman–Crippen MR) is 68.0 cm³/mol. The lowest BCUT2D eigenvalue weighted by Gasteiger charge is -2.04. The second kappa shape index (κ2) is 5.39. The van der Waals surface area contributed by atoms with Crippen molar-refractivity contribution in [2.75, 3.05) is 12.3 Å². The Balaban J connectivity index is 1.90. The number of nitrogens with zero attached hydrogens (tertiary/aromatic N) is 1. The number of nitrogens with one attached hydrogen (secondary N) is 1. The van der Waals surface area contributed by atoms with Gasteiger partial charge in [0.2, 0.25) is 0 Å². The van der Waals surface area contributed by atoms with Gasteiger partial charge >= 0.3 is 0 Å². The number of benzene rings is 1. The monoisotopic (exact) mass is 231 g/mol. The number of nitrogen functional groups attached to an aromatic ring is 1. The highest BCUT2D eigenvalue weighted by Crippen LogP contribution is 2.13. The third-order valence-corrected chi connectivity index (χ3v) is 2.57. The molecule has 0 atom stereocenters. The average molecular weight is 231 g/mol. The van der Waals surface area contributed by atoms with Crippen LogP contribution < -0.4 is 10.5 Å². The largest absolute Gasteiger partial charge is 0.494 e. The Bertz CT molecular complexity index is 462. The fourth-order valence-electron chi connectivity index (χ4n) is 1.70. The molecule has 1 aromatic heterocycles. The Morgan fingerprint density at radius 1 is 1.24 bits per heavy atom. The summed E-state index contributed by atoms with van der Waals surface area (Å²) >= 11 is 0. The molecule has 0 saturated heterocycles. The van der Waals surface area contributed by atoms with Crippen LogP contribution in [0, 0.1) is 0 Å². The number of rotatable bonds is 5. The molecule has 0 fully saturated rings. The van der Waals surface area contributed by atoms with E-state index in [0.29, 0.717) is 12.6 Å². The van der Waals surface area contributed by atoms with Crippen LogP contribution in [-0.2, 0) is 12.8 Å². The van der Waals surface area contributed by atoms with Crippen LogP contribution in [0.5, 0.6) is 5.75 Å². The Morgan fingerprint density at radius 3 is 2.59 bits per heavy atom. The number of aryl methyl sites for hydroxylation is 2. The summed E-state index contributed by atoms with van der Waals surface area (Å²) < 4.78 is 5.39. The molecule has 0 unspecified atom stereocenters. The van der Waals surface area contributed by atoms with Gasteiger partial charge in [-0.3, -0.25) is 0 Å². The van der Waals surface area contributed by atoms with Gasteiger partial charge in [-0.1, -0.05) is 12.1 Å². The molecule has 4 heteroatoms. The zero-order valence-electron chi connectivity index (χ0n) is 9.94. The Morgan fingerprint density at radius 2 is 2.00 bits per heavy atom. The summed E-state index contributed by atoms with van der Waals surface area (Å²) in [6.45, 7) is 2.68. The van der Waals surface area contributed by atoms with Crippen molar-refractivity contribution >= 4 is 5.95 Å². The summed E-state index contributed by atoms with van der Waals surface area (Å²) in [4.78, 5) is 6.99. The first kappa shape index (κ1) is 11.5.